The van der Waals surface area contributed by atoms with Gasteiger partial charge in [0.15, 0.2) is 0 Å². The molecule has 3 unspecified atom stereocenters. The van der Waals surface area contributed by atoms with Crippen LogP contribution in [-0.2, 0) is 6.54 Å². The smallest absolute Gasteiger partial charge is 0.266 e. The fraction of sp³-hybridized carbons (Fsp3) is 0.625. The van der Waals surface area contributed by atoms with Gasteiger partial charge in [-0.15, -0.1) is 0 Å². The number of carbonyl (C=O) groups excluding carboxylic acids is 1. The molecule has 5 nitrogen and oxygen atoms in total. The second-order valence-electron chi connectivity index (χ2n) is 6.64. The van der Waals surface area contributed by atoms with E-state index in [-0.39, 0.29) is 5.91 Å². The Kier molecular flexibility index (Phi) is 4.22. The predicted molar refractivity (Wildman–Crippen MR) is 81.2 cm³/mol. The van der Waals surface area contributed by atoms with Gasteiger partial charge in [0.25, 0.3) is 5.91 Å². The number of hydrogen-bond acceptors (Lipinski definition) is 4. The van der Waals surface area contributed by atoms with Crippen molar-refractivity contribution in [2.24, 2.45) is 23.6 Å². The molecule has 2 fully saturated rings. The number of pyridine rings is 1. The van der Waals surface area contributed by atoms with E-state index in [0.717, 1.165) is 36.5 Å². The highest BCUT2D eigenvalue weighted by Gasteiger charge is 2.39. The number of nitrogen functional groups attached to an aromatic ring is 1. The molecule has 0 aliphatic heterocycles. The third-order valence-corrected chi connectivity index (χ3v) is 5.08. The Labute approximate surface area is 125 Å². The molecule has 3 N–H and O–H groups in total. The summed E-state index contributed by atoms with van der Waals surface area (Å²) in [4.78, 5) is 18.1. The van der Waals surface area contributed by atoms with Crippen LogP contribution in [-0.4, -0.2) is 29.4 Å². The number of amides is 1. The van der Waals surface area contributed by atoms with Crippen molar-refractivity contribution < 1.29 is 4.79 Å². The van der Waals surface area contributed by atoms with Gasteiger partial charge < -0.3 is 4.90 Å². The number of rotatable bonds is 5. The van der Waals surface area contributed by atoms with Gasteiger partial charge in [0.2, 0.25) is 0 Å². The fourth-order valence-electron chi connectivity index (χ4n) is 4.08. The molecule has 0 radical (unpaired) electrons. The van der Waals surface area contributed by atoms with Crippen molar-refractivity contribution >= 4 is 5.91 Å². The molecule has 3 atom stereocenters. The maximum Gasteiger partial charge on any atom is 0.266 e. The van der Waals surface area contributed by atoms with E-state index in [9.17, 15) is 4.79 Å². The van der Waals surface area contributed by atoms with Gasteiger partial charge in [0.1, 0.15) is 0 Å². The van der Waals surface area contributed by atoms with Gasteiger partial charge in [-0.3, -0.25) is 15.2 Å². The Balaban J connectivity index is 1.52. The van der Waals surface area contributed by atoms with Crippen LogP contribution in [0, 0.1) is 17.8 Å². The van der Waals surface area contributed by atoms with Gasteiger partial charge in [-0.05, 0) is 56.2 Å². The van der Waals surface area contributed by atoms with Crippen LogP contribution in [0.5, 0.6) is 0 Å². The van der Waals surface area contributed by atoms with E-state index in [1.165, 1.54) is 25.7 Å². The molecule has 0 aromatic carbocycles. The monoisotopic (exact) mass is 288 g/mol. The fourth-order valence-corrected chi connectivity index (χ4v) is 4.08. The van der Waals surface area contributed by atoms with Crippen LogP contribution in [0.4, 0.5) is 0 Å². The average Bonchev–Trinajstić information content (AvgIpc) is 3.09. The lowest BCUT2D eigenvalue weighted by Gasteiger charge is -2.27. The minimum absolute atomic E-state index is 0.301. The Morgan fingerprint density at radius 2 is 2.29 bits per heavy atom. The molecule has 2 aliphatic rings. The first-order valence-corrected chi connectivity index (χ1v) is 7.80. The summed E-state index contributed by atoms with van der Waals surface area (Å²) in [6.45, 7) is 1.99. The molecule has 2 aliphatic carbocycles. The van der Waals surface area contributed by atoms with E-state index >= 15 is 0 Å². The summed E-state index contributed by atoms with van der Waals surface area (Å²) >= 11 is 0. The van der Waals surface area contributed by atoms with E-state index in [0.29, 0.717) is 5.56 Å². The minimum Gasteiger partial charge on any atom is -0.300 e. The number of hydrogen-bond donors (Lipinski definition) is 2. The van der Waals surface area contributed by atoms with Crippen LogP contribution in [0.3, 0.4) is 0 Å². The van der Waals surface area contributed by atoms with Crippen LogP contribution in [0.25, 0.3) is 0 Å². The summed E-state index contributed by atoms with van der Waals surface area (Å²) in [7, 11) is 2.16. The minimum atomic E-state index is -0.301. The van der Waals surface area contributed by atoms with Gasteiger partial charge in [-0.1, -0.05) is 6.42 Å². The van der Waals surface area contributed by atoms with E-state index < -0.39 is 0 Å². The standard InChI is InChI=1S/C16H24N4O/c1-20(9-14-7-11-2-3-12(14)6-11)10-15-5-4-13(8-18-15)16(21)19-17/h4-5,8,11-12,14H,2-3,6-7,9-10,17H2,1H3,(H,19,21). The molecule has 0 saturated heterocycles. The Hall–Kier alpha value is -1.46. The number of carbonyl (C=O) groups is 1. The summed E-state index contributed by atoms with van der Waals surface area (Å²) in [5.74, 6) is 7.64. The summed E-state index contributed by atoms with van der Waals surface area (Å²) in [5, 5.41) is 0. The molecule has 21 heavy (non-hydrogen) atoms. The molecule has 1 aromatic rings. The highest BCUT2D eigenvalue weighted by molar-refractivity contribution is 5.93. The van der Waals surface area contributed by atoms with Crippen molar-refractivity contribution in [2.45, 2.75) is 32.2 Å². The van der Waals surface area contributed by atoms with Crippen molar-refractivity contribution in [1.82, 2.24) is 15.3 Å². The quantitative estimate of drug-likeness (QED) is 0.490. The Morgan fingerprint density at radius 3 is 2.86 bits per heavy atom. The molecule has 1 amide bonds. The van der Waals surface area contributed by atoms with Crippen LogP contribution in [0.1, 0.15) is 41.7 Å². The third-order valence-electron chi connectivity index (χ3n) is 5.08. The normalized spacial score (nSPS) is 27.3. The van der Waals surface area contributed by atoms with Crippen LogP contribution >= 0.6 is 0 Å². The second kappa shape index (κ2) is 6.12. The number of fused-ring (bicyclic) bond motifs is 2. The number of nitrogens with one attached hydrogen (secondary N) is 1. The van der Waals surface area contributed by atoms with Gasteiger partial charge >= 0.3 is 0 Å². The molecule has 2 bridgehead atoms. The second-order valence-corrected chi connectivity index (χ2v) is 6.64. The average molecular weight is 288 g/mol. The van der Waals surface area contributed by atoms with Crippen molar-refractivity contribution in [3.8, 4) is 0 Å². The van der Waals surface area contributed by atoms with Crippen LogP contribution < -0.4 is 11.3 Å². The molecule has 114 valence electrons. The van der Waals surface area contributed by atoms with Crippen molar-refractivity contribution in [3.05, 3.63) is 29.6 Å². The van der Waals surface area contributed by atoms with E-state index in [4.69, 9.17) is 5.84 Å². The van der Waals surface area contributed by atoms with E-state index in [1.807, 2.05) is 6.07 Å². The molecule has 1 heterocycles. The zero-order valence-electron chi connectivity index (χ0n) is 12.6. The Bertz CT molecular complexity index is 502. The van der Waals surface area contributed by atoms with Crippen LogP contribution in [0.2, 0.25) is 0 Å². The first-order valence-electron chi connectivity index (χ1n) is 7.80. The SMILES string of the molecule is CN(Cc1ccc(C(=O)NN)cn1)CC1CC2CCC1C2. The molecular weight excluding hydrogens is 264 g/mol. The maximum absolute atomic E-state index is 11.4. The molecule has 5 heteroatoms. The van der Waals surface area contributed by atoms with Crippen LogP contribution in [0.15, 0.2) is 18.3 Å². The maximum atomic E-state index is 11.4. The third kappa shape index (κ3) is 3.24. The van der Waals surface area contributed by atoms with Crippen molar-refractivity contribution in [2.75, 3.05) is 13.6 Å². The number of hydrazine groups is 1. The van der Waals surface area contributed by atoms with Gasteiger partial charge in [-0.2, -0.15) is 0 Å². The van der Waals surface area contributed by atoms with Gasteiger partial charge in [0.05, 0.1) is 11.3 Å². The van der Waals surface area contributed by atoms with Crippen molar-refractivity contribution in [1.29, 1.82) is 0 Å². The molecule has 3 rings (SSSR count). The first-order chi connectivity index (χ1) is 10.2. The first kappa shape index (κ1) is 14.5. The molecular formula is C16H24N4O. The highest BCUT2D eigenvalue weighted by Crippen LogP contribution is 2.48. The lowest BCUT2D eigenvalue weighted by Crippen LogP contribution is -2.30. The number of aromatic nitrogens is 1. The number of nitrogens with zero attached hydrogens (tertiary/aromatic N) is 2. The van der Waals surface area contributed by atoms with Gasteiger partial charge in [0, 0.05) is 19.3 Å². The topological polar surface area (TPSA) is 71.2 Å². The number of nitrogens with two attached hydrogens (primary N) is 1. The summed E-state index contributed by atoms with van der Waals surface area (Å²) in [5.41, 5.74) is 3.61. The molecule has 0 spiro atoms. The highest BCUT2D eigenvalue weighted by atomic mass is 16.2. The lowest BCUT2D eigenvalue weighted by atomic mass is 9.88. The lowest BCUT2D eigenvalue weighted by molar-refractivity contribution is 0.0953. The predicted octanol–water partition coefficient (Wildman–Crippen LogP) is 1.55. The molecule has 1 aromatic heterocycles. The van der Waals surface area contributed by atoms with Gasteiger partial charge in [-0.25, -0.2) is 5.84 Å². The summed E-state index contributed by atoms with van der Waals surface area (Å²) in [6.07, 6.45) is 7.35. The van der Waals surface area contributed by atoms with E-state index in [1.54, 1.807) is 12.3 Å². The van der Waals surface area contributed by atoms with E-state index in [2.05, 4.69) is 22.4 Å². The zero-order chi connectivity index (χ0) is 14.8. The Morgan fingerprint density at radius 1 is 1.43 bits per heavy atom. The van der Waals surface area contributed by atoms with Crippen molar-refractivity contribution in [3.63, 3.8) is 0 Å². The summed E-state index contributed by atoms with van der Waals surface area (Å²) in [6, 6.07) is 3.68. The summed E-state index contributed by atoms with van der Waals surface area (Å²) < 4.78 is 0. The zero-order valence-corrected chi connectivity index (χ0v) is 12.6. The largest absolute Gasteiger partial charge is 0.300 e. The molecule has 2 saturated carbocycles.